The van der Waals surface area contributed by atoms with Crippen LogP contribution in [0.3, 0.4) is 0 Å². The summed E-state index contributed by atoms with van der Waals surface area (Å²) in [5, 5.41) is 0.722. The first-order valence-electron chi connectivity index (χ1n) is 5.60. The van der Waals surface area contributed by atoms with Crippen molar-refractivity contribution in [1.82, 2.24) is 0 Å². The van der Waals surface area contributed by atoms with Crippen LogP contribution in [-0.2, 0) is 21.3 Å². The second-order valence-corrected chi connectivity index (χ2v) is 6.36. The first-order valence-corrected chi connectivity index (χ1v) is 7.36. The smallest absolute Gasteiger partial charge is 0.0691 e. The van der Waals surface area contributed by atoms with Crippen LogP contribution >= 0.6 is 11.6 Å². The second-order valence-electron chi connectivity index (χ2n) is 4.27. The predicted octanol–water partition coefficient (Wildman–Crippen LogP) is 2.35. The largest absolute Gasteiger partial charge is 0.398 e. The summed E-state index contributed by atoms with van der Waals surface area (Å²) in [6, 6.07) is 5.32. The summed E-state index contributed by atoms with van der Waals surface area (Å²) in [7, 11) is -0.941. The Labute approximate surface area is 109 Å². The standard InChI is InChI=1S/C12H16ClNO2S/c1-8-12(4-5-16-8)17(15)7-9-2-3-10(13)6-11(9)14/h2-3,6,8,12H,4-5,7,14H2,1H3. The van der Waals surface area contributed by atoms with Crippen LogP contribution in [0.15, 0.2) is 18.2 Å². The third-order valence-electron chi connectivity index (χ3n) is 3.05. The molecule has 1 aromatic rings. The molecule has 1 fully saturated rings. The molecule has 1 aromatic carbocycles. The van der Waals surface area contributed by atoms with Crippen LogP contribution in [0, 0.1) is 0 Å². The van der Waals surface area contributed by atoms with E-state index in [0.29, 0.717) is 23.1 Å². The summed E-state index contributed by atoms with van der Waals surface area (Å²) in [5.41, 5.74) is 7.36. The maximum atomic E-state index is 12.2. The molecule has 1 aliphatic heterocycles. The van der Waals surface area contributed by atoms with E-state index in [0.717, 1.165) is 12.0 Å². The van der Waals surface area contributed by atoms with Crippen molar-refractivity contribution in [2.75, 3.05) is 12.3 Å². The Balaban J connectivity index is 2.07. The lowest BCUT2D eigenvalue weighted by Crippen LogP contribution is -2.24. The van der Waals surface area contributed by atoms with Crippen LogP contribution < -0.4 is 5.73 Å². The Morgan fingerprint density at radius 1 is 1.59 bits per heavy atom. The molecule has 2 rings (SSSR count). The molecule has 1 saturated heterocycles. The van der Waals surface area contributed by atoms with E-state index in [1.165, 1.54) is 0 Å². The summed E-state index contributed by atoms with van der Waals surface area (Å²) in [4.78, 5) is 0. The highest BCUT2D eigenvalue weighted by Gasteiger charge is 2.29. The SMILES string of the molecule is CC1OCCC1S(=O)Cc1ccc(Cl)cc1N. The van der Waals surface area contributed by atoms with E-state index in [1.54, 1.807) is 12.1 Å². The molecule has 0 aromatic heterocycles. The first-order chi connectivity index (χ1) is 8.08. The van der Waals surface area contributed by atoms with E-state index in [2.05, 4.69) is 0 Å². The van der Waals surface area contributed by atoms with Crippen LogP contribution in [0.25, 0.3) is 0 Å². The topological polar surface area (TPSA) is 52.3 Å². The van der Waals surface area contributed by atoms with Gasteiger partial charge in [-0.15, -0.1) is 0 Å². The molecule has 3 unspecified atom stereocenters. The average molecular weight is 274 g/mol. The molecule has 0 amide bonds. The molecule has 3 nitrogen and oxygen atoms in total. The molecule has 0 saturated carbocycles. The van der Waals surface area contributed by atoms with Gasteiger partial charge in [0.2, 0.25) is 0 Å². The monoisotopic (exact) mass is 273 g/mol. The van der Waals surface area contributed by atoms with Gasteiger partial charge in [0.25, 0.3) is 0 Å². The number of ether oxygens (including phenoxy) is 1. The Morgan fingerprint density at radius 3 is 2.94 bits per heavy atom. The van der Waals surface area contributed by atoms with Crippen molar-refractivity contribution >= 4 is 28.1 Å². The van der Waals surface area contributed by atoms with Crippen molar-refractivity contribution in [2.45, 2.75) is 30.5 Å². The highest BCUT2D eigenvalue weighted by Crippen LogP contribution is 2.24. The minimum absolute atomic E-state index is 0.0735. The highest BCUT2D eigenvalue weighted by atomic mass is 35.5. The van der Waals surface area contributed by atoms with E-state index >= 15 is 0 Å². The third kappa shape index (κ3) is 3.00. The number of hydrogen-bond acceptors (Lipinski definition) is 3. The lowest BCUT2D eigenvalue weighted by atomic mass is 10.2. The normalized spacial score (nSPS) is 26.0. The van der Waals surface area contributed by atoms with Crippen molar-refractivity contribution < 1.29 is 8.95 Å². The van der Waals surface area contributed by atoms with Crippen molar-refractivity contribution in [3.63, 3.8) is 0 Å². The number of benzene rings is 1. The summed E-state index contributed by atoms with van der Waals surface area (Å²) < 4.78 is 17.6. The van der Waals surface area contributed by atoms with Gasteiger partial charge >= 0.3 is 0 Å². The van der Waals surface area contributed by atoms with Gasteiger partial charge in [-0.1, -0.05) is 17.7 Å². The summed E-state index contributed by atoms with van der Waals surface area (Å²) in [6.07, 6.45) is 0.936. The summed E-state index contributed by atoms with van der Waals surface area (Å²) in [6.45, 7) is 2.68. The van der Waals surface area contributed by atoms with Gasteiger partial charge in [-0.3, -0.25) is 4.21 Å². The van der Waals surface area contributed by atoms with Gasteiger partial charge < -0.3 is 10.5 Å². The van der Waals surface area contributed by atoms with Crippen molar-refractivity contribution in [2.24, 2.45) is 0 Å². The van der Waals surface area contributed by atoms with Crippen LogP contribution in [-0.4, -0.2) is 22.2 Å². The maximum absolute atomic E-state index is 12.2. The van der Waals surface area contributed by atoms with Gasteiger partial charge in [-0.05, 0) is 31.0 Å². The molecule has 0 radical (unpaired) electrons. The molecule has 1 aliphatic rings. The first kappa shape index (κ1) is 12.9. The Morgan fingerprint density at radius 2 is 2.35 bits per heavy atom. The van der Waals surface area contributed by atoms with Crippen LogP contribution in [0.5, 0.6) is 0 Å². The van der Waals surface area contributed by atoms with E-state index in [-0.39, 0.29) is 11.4 Å². The lowest BCUT2D eigenvalue weighted by Gasteiger charge is -2.14. The molecule has 17 heavy (non-hydrogen) atoms. The number of halogens is 1. The number of nitrogens with two attached hydrogens (primary N) is 1. The van der Waals surface area contributed by atoms with Gasteiger partial charge in [-0.25, -0.2) is 0 Å². The Hall–Kier alpha value is -0.580. The fourth-order valence-electron chi connectivity index (χ4n) is 2.01. The molecular weight excluding hydrogens is 258 g/mol. The van der Waals surface area contributed by atoms with Crippen LogP contribution in [0.4, 0.5) is 5.69 Å². The van der Waals surface area contributed by atoms with Crippen molar-refractivity contribution in [3.8, 4) is 0 Å². The van der Waals surface area contributed by atoms with E-state index in [9.17, 15) is 4.21 Å². The van der Waals surface area contributed by atoms with Gasteiger partial charge in [-0.2, -0.15) is 0 Å². The fraction of sp³-hybridized carbons (Fsp3) is 0.500. The quantitative estimate of drug-likeness (QED) is 0.860. The van der Waals surface area contributed by atoms with Crippen LogP contribution in [0.1, 0.15) is 18.9 Å². The summed E-state index contributed by atoms with van der Waals surface area (Å²) in [5.74, 6) is 0.474. The maximum Gasteiger partial charge on any atom is 0.0691 e. The summed E-state index contributed by atoms with van der Waals surface area (Å²) >= 11 is 5.83. The third-order valence-corrected chi connectivity index (χ3v) is 5.17. The molecule has 2 N–H and O–H groups in total. The zero-order valence-corrected chi connectivity index (χ0v) is 11.3. The van der Waals surface area contributed by atoms with E-state index in [4.69, 9.17) is 22.1 Å². The number of anilines is 1. The lowest BCUT2D eigenvalue weighted by molar-refractivity contribution is 0.127. The Kier molecular flexibility index (Phi) is 4.07. The minimum atomic E-state index is -0.941. The number of nitrogen functional groups attached to an aromatic ring is 1. The fourth-order valence-corrected chi connectivity index (χ4v) is 3.84. The molecule has 1 heterocycles. The zero-order valence-electron chi connectivity index (χ0n) is 9.69. The number of rotatable bonds is 3. The van der Waals surface area contributed by atoms with Gasteiger partial charge in [0, 0.05) is 28.1 Å². The average Bonchev–Trinajstić information content (AvgIpc) is 2.68. The molecule has 94 valence electrons. The van der Waals surface area contributed by atoms with Crippen molar-refractivity contribution in [1.29, 1.82) is 0 Å². The van der Waals surface area contributed by atoms with Crippen LogP contribution in [0.2, 0.25) is 5.02 Å². The second kappa shape index (κ2) is 5.38. The van der Waals surface area contributed by atoms with Gasteiger partial charge in [0.05, 0.1) is 17.1 Å². The molecule has 3 atom stereocenters. The van der Waals surface area contributed by atoms with E-state index < -0.39 is 10.8 Å². The highest BCUT2D eigenvalue weighted by molar-refractivity contribution is 7.84. The molecular formula is C12H16ClNO2S. The molecule has 0 aliphatic carbocycles. The Bertz CT molecular complexity index is 439. The zero-order chi connectivity index (χ0) is 12.4. The molecule has 0 spiro atoms. The van der Waals surface area contributed by atoms with E-state index in [1.807, 2.05) is 13.0 Å². The van der Waals surface area contributed by atoms with Gasteiger partial charge in [0.15, 0.2) is 0 Å². The molecule has 5 heteroatoms. The van der Waals surface area contributed by atoms with Crippen molar-refractivity contribution in [3.05, 3.63) is 28.8 Å². The minimum Gasteiger partial charge on any atom is -0.398 e. The van der Waals surface area contributed by atoms with Gasteiger partial charge in [0.1, 0.15) is 0 Å². The predicted molar refractivity (Wildman–Crippen MR) is 71.5 cm³/mol. The number of hydrogen-bond donors (Lipinski definition) is 1. The molecule has 0 bridgehead atoms.